The predicted octanol–water partition coefficient (Wildman–Crippen LogP) is 1.22. The van der Waals surface area contributed by atoms with Crippen LogP contribution in [0.5, 0.6) is 0 Å². The first-order valence-corrected chi connectivity index (χ1v) is 10.1. The van der Waals surface area contributed by atoms with Gasteiger partial charge in [0.2, 0.25) is 10.0 Å². The van der Waals surface area contributed by atoms with Crippen molar-refractivity contribution in [2.45, 2.75) is 4.90 Å². The van der Waals surface area contributed by atoms with Crippen LogP contribution < -0.4 is 10.2 Å². The summed E-state index contributed by atoms with van der Waals surface area (Å²) in [5, 5.41) is 14.8. The highest BCUT2D eigenvalue weighted by Crippen LogP contribution is 2.31. The SMILES string of the molecule is [CH2]CN(CCBr)c1ccc([N+](=O)[O-])cc1S(=O)(=O)N1CCNCC1. The van der Waals surface area contributed by atoms with Crippen molar-refractivity contribution in [3.63, 3.8) is 0 Å². The first-order valence-electron chi connectivity index (χ1n) is 7.51. The summed E-state index contributed by atoms with van der Waals surface area (Å²) in [6, 6.07) is 3.95. The molecular formula is C14H20BrN4O4S. The second kappa shape index (κ2) is 8.24. The largest absolute Gasteiger partial charge is 0.370 e. The molecular weight excluding hydrogens is 400 g/mol. The molecule has 0 bridgehead atoms. The van der Waals surface area contributed by atoms with Crippen molar-refractivity contribution in [2.24, 2.45) is 0 Å². The fraction of sp³-hybridized carbons (Fsp3) is 0.500. The Morgan fingerprint density at radius 3 is 2.58 bits per heavy atom. The number of hydrogen-bond acceptors (Lipinski definition) is 6. The summed E-state index contributed by atoms with van der Waals surface area (Å²) >= 11 is 3.33. The number of nitro benzene ring substituents is 1. The summed E-state index contributed by atoms with van der Waals surface area (Å²) < 4.78 is 27.4. The minimum absolute atomic E-state index is 0.0387. The molecule has 1 aliphatic heterocycles. The van der Waals surface area contributed by atoms with Gasteiger partial charge in [-0.2, -0.15) is 4.31 Å². The van der Waals surface area contributed by atoms with Gasteiger partial charge in [-0.05, 0) is 13.0 Å². The van der Waals surface area contributed by atoms with Gasteiger partial charge in [0.05, 0.1) is 10.6 Å². The maximum atomic E-state index is 13.0. The van der Waals surface area contributed by atoms with E-state index in [-0.39, 0.29) is 10.6 Å². The van der Waals surface area contributed by atoms with Crippen molar-refractivity contribution in [1.82, 2.24) is 9.62 Å². The van der Waals surface area contributed by atoms with Gasteiger partial charge in [0.1, 0.15) is 4.90 Å². The number of sulfonamides is 1. The van der Waals surface area contributed by atoms with E-state index < -0.39 is 14.9 Å². The van der Waals surface area contributed by atoms with Gasteiger partial charge in [0.15, 0.2) is 0 Å². The Morgan fingerprint density at radius 2 is 2.04 bits per heavy atom. The molecule has 24 heavy (non-hydrogen) atoms. The quantitative estimate of drug-likeness (QED) is 0.405. The highest BCUT2D eigenvalue weighted by atomic mass is 79.9. The van der Waals surface area contributed by atoms with Crippen LogP contribution in [0.4, 0.5) is 11.4 Å². The summed E-state index contributed by atoms with van der Waals surface area (Å²) in [5.74, 6) is 0. The Labute approximate surface area is 150 Å². The minimum Gasteiger partial charge on any atom is -0.370 e. The van der Waals surface area contributed by atoms with Crippen LogP contribution in [0.1, 0.15) is 0 Å². The normalized spacial score (nSPS) is 16.1. The molecule has 0 saturated carbocycles. The first-order chi connectivity index (χ1) is 11.4. The molecule has 0 amide bonds. The van der Waals surface area contributed by atoms with E-state index in [1.165, 1.54) is 16.4 Å². The van der Waals surface area contributed by atoms with Gasteiger partial charge < -0.3 is 10.2 Å². The third-order valence-corrected chi connectivity index (χ3v) is 6.10. The fourth-order valence-electron chi connectivity index (χ4n) is 2.56. The molecule has 1 heterocycles. The van der Waals surface area contributed by atoms with E-state index in [1.807, 2.05) is 0 Å². The second-order valence-electron chi connectivity index (χ2n) is 5.24. The molecule has 1 aromatic carbocycles. The molecule has 1 N–H and O–H groups in total. The van der Waals surface area contributed by atoms with Crippen molar-refractivity contribution in [3.8, 4) is 0 Å². The van der Waals surface area contributed by atoms with E-state index in [0.717, 1.165) is 6.07 Å². The molecule has 8 nitrogen and oxygen atoms in total. The van der Waals surface area contributed by atoms with E-state index in [4.69, 9.17) is 0 Å². The number of nitrogens with one attached hydrogen (secondary N) is 1. The summed E-state index contributed by atoms with van der Waals surface area (Å²) in [6.45, 7) is 6.53. The number of nitro groups is 1. The molecule has 0 unspecified atom stereocenters. The smallest absolute Gasteiger partial charge is 0.270 e. The summed E-state index contributed by atoms with van der Waals surface area (Å²) in [6.07, 6.45) is 0. The van der Waals surface area contributed by atoms with Crippen molar-refractivity contribution in [3.05, 3.63) is 35.2 Å². The molecule has 0 spiro atoms. The van der Waals surface area contributed by atoms with Crippen LogP contribution in [0.25, 0.3) is 0 Å². The standard InChI is InChI=1S/C14H20BrN4O4S/c1-2-17(8-5-15)13-4-3-12(19(20)21)11-14(13)24(22,23)18-9-6-16-7-10-18/h3-4,11,16H,1-2,5-10H2. The third kappa shape index (κ3) is 4.05. The van der Waals surface area contributed by atoms with E-state index >= 15 is 0 Å². The molecule has 1 saturated heterocycles. The Hall–Kier alpha value is -1.23. The molecule has 0 aliphatic carbocycles. The molecule has 0 atom stereocenters. The Kier molecular flexibility index (Phi) is 6.55. The lowest BCUT2D eigenvalue weighted by atomic mass is 10.2. The number of piperazine rings is 1. The molecule has 1 aromatic rings. The molecule has 2 rings (SSSR count). The van der Waals surface area contributed by atoms with Crippen molar-refractivity contribution >= 4 is 37.3 Å². The Morgan fingerprint density at radius 1 is 1.38 bits per heavy atom. The van der Waals surface area contributed by atoms with Gasteiger partial charge in [-0.25, -0.2) is 8.42 Å². The highest BCUT2D eigenvalue weighted by molar-refractivity contribution is 9.09. The lowest BCUT2D eigenvalue weighted by Gasteiger charge is -2.30. The number of alkyl halides is 1. The predicted molar refractivity (Wildman–Crippen MR) is 96.1 cm³/mol. The molecule has 1 aliphatic rings. The second-order valence-corrected chi connectivity index (χ2v) is 7.94. The van der Waals surface area contributed by atoms with Gasteiger partial charge >= 0.3 is 0 Å². The average Bonchev–Trinajstić information content (AvgIpc) is 2.60. The van der Waals surface area contributed by atoms with E-state index in [9.17, 15) is 18.5 Å². The Bertz CT molecular complexity index is 692. The van der Waals surface area contributed by atoms with Gasteiger partial charge in [-0.1, -0.05) is 15.9 Å². The number of nitrogens with zero attached hydrogens (tertiary/aromatic N) is 3. The van der Waals surface area contributed by atoms with E-state index in [1.54, 1.807) is 4.90 Å². The zero-order chi connectivity index (χ0) is 17.7. The van der Waals surface area contributed by atoms with E-state index in [0.29, 0.717) is 50.3 Å². The van der Waals surface area contributed by atoms with E-state index in [2.05, 4.69) is 28.2 Å². The van der Waals surface area contributed by atoms with Crippen LogP contribution in [0.3, 0.4) is 0 Å². The number of rotatable bonds is 7. The zero-order valence-corrected chi connectivity index (χ0v) is 15.6. The number of benzene rings is 1. The summed E-state index contributed by atoms with van der Waals surface area (Å²) in [7, 11) is -3.82. The highest BCUT2D eigenvalue weighted by Gasteiger charge is 2.31. The van der Waals surface area contributed by atoms with Gasteiger partial charge in [0, 0.05) is 56.7 Å². The number of halogens is 1. The average molecular weight is 420 g/mol. The van der Waals surface area contributed by atoms with Gasteiger partial charge in [-0.3, -0.25) is 10.1 Å². The number of non-ortho nitro benzene ring substituents is 1. The lowest BCUT2D eigenvalue weighted by Crippen LogP contribution is -2.46. The first kappa shape index (κ1) is 19.1. The van der Waals surface area contributed by atoms with Crippen LogP contribution in [0.15, 0.2) is 23.1 Å². The molecule has 10 heteroatoms. The molecule has 133 valence electrons. The lowest BCUT2D eigenvalue weighted by molar-refractivity contribution is -0.385. The summed E-state index contributed by atoms with van der Waals surface area (Å²) in [5.41, 5.74) is 0.198. The van der Waals surface area contributed by atoms with Crippen molar-refractivity contribution in [1.29, 1.82) is 0 Å². The topological polar surface area (TPSA) is 95.8 Å². The number of hydrogen-bond donors (Lipinski definition) is 1. The monoisotopic (exact) mass is 419 g/mol. The minimum atomic E-state index is -3.82. The van der Waals surface area contributed by atoms with Crippen molar-refractivity contribution < 1.29 is 13.3 Å². The Balaban J connectivity index is 2.54. The van der Waals surface area contributed by atoms with Crippen LogP contribution >= 0.6 is 15.9 Å². The molecule has 1 fully saturated rings. The maximum absolute atomic E-state index is 13.0. The number of anilines is 1. The summed E-state index contributed by atoms with van der Waals surface area (Å²) in [4.78, 5) is 12.2. The van der Waals surface area contributed by atoms with Crippen LogP contribution in [0, 0.1) is 17.0 Å². The maximum Gasteiger partial charge on any atom is 0.270 e. The zero-order valence-electron chi connectivity index (χ0n) is 13.1. The van der Waals surface area contributed by atoms with Crippen molar-refractivity contribution in [2.75, 3.05) is 49.5 Å². The van der Waals surface area contributed by atoms with Crippen LogP contribution in [-0.2, 0) is 10.0 Å². The molecule has 1 radical (unpaired) electrons. The van der Waals surface area contributed by atoms with Gasteiger partial charge in [-0.15, -0.1) is 0 Å². The fourth-order valence-corrected chi connectivity index (χ4v) is 4.66. The third-order valence-electron chi connectivity index (χ3n) is 3.81. The van der Waals surface area contributed by atoms with Crippen LogP contribution in [-0.4, -0.2) is 62.2 Å². The van der Waals surface area contributed by atoms with Gasteiger partial charge in [0.25, 0.3) is 5.69 Å². The van der Waals surface area contributed by atoms with Crippen LogP contribution in [0.2, 0.25) is 0 Å². The molecule has 0 aromatic heterocycles.